The predicted molar refractivity (Wildman–Crippen MR) is 76.9 cm³/mol. The van der Waals surface area contributed by atoms with Crippen LogP contribution in [0, 0.1) is 0 Å². The molecule has 0 bridgehead atoms. The maximum Gasteiger partial charge on any atom is 0.160 e. The van der Waals surface area contributed by atoms with Gasteiger partial charge in [-0.2, -0.15) is 5.10 Å². The minimum Gasteiger partial charge on any atom is -0.381 e. The Morgan fingerprint density at radius 1 is 1.29 bits per heavy atom. The van der Waals surface area contributed by atoms with Gasteiger partial charge in [0.15, 0.2) is 5.82 Å². The SMILES string of the molecule is CC/C=C\C=C/Cc1c(Br)c(N)nn1CCC. The fourth-order valence-electron chi connectivity index (χ4n) is 1.56. The number of aromatic nitrogens is 2. The molecule has 0 aliphatic heterocycles. The van der Waals surface area contributed by atoms with Gasteiger partial charge >= 0.3 is 0 Å². The molecule has 0 amide bonds. The smallest absolute Gasteiger partial charge is 0.160 e. The summed E-state index contributed by atoms with van der Waals surface area (Å²) in [6, 6.07) is 0. The zero-order chi connectivity index (χ0) is 12.7. The lowest BCUT2D eigenvalue weighted by atomic mass is 10.2. The number of halogens is 1. The largest absolute Gasteiger partial charge is 0.381 e. The van der Waals surface area contributed by atoms with Crippen LogP contribution in [-0.4, -0.2) is 9.78 Å². The van der Waals surface area contributed by atoms with Gasteiger partial charge in [0.2, 0.25) is 0 Å². The summed E-state index contributed by atoms with van der Waals surface area (Å²) in [5, 5.41) is 4.31. The summed E-state index contributed by atoms with van der Waals surface area (Å²) in [6.07, 6.45) is 11.4. The molecule has 94 valence electrons. The highest BCUT2D eigenvalue weighted by Crippen LogP contribution is 2.24. The van der Waals surface area contributed by atoms with E-state index in [2.05, 4.69) is 59.2 Å². The van der Waals surface area contributed by atoms with Gasteiger partial charge in [-0.15, -0.1) is 0 Å². The van der Waals surface area contributed by atoms with Gasteiger partial charge in [0.05, 0.1) is 10.2 Å². The lowest BCUT2D eigenvalue weighted by Gasteiger charge is -2.03. The van der Waals surface area contributed by atoms with Gasteiger partial charge in [0, 0.05) is 13.0 Å². The third kappa shape index (κ3) is 4.04. The monoisotopic (exact) mass is 297 g/mol. The normalized spacial score (nSPS) is 11.9. The van der Waals surface area contributed by atoms with Crippen LogP contribution in [0.15, 0.2) is 28.8 Å². The number of allylic oxidation sites excluding steroid dienone is 4. The highest BCUT2D eigenvalue weighted by molar-refractivity contribution is 9.10. The standard InChI is InChI=1S/C13H20BrN3/c1-3-5-6-7-8-9-11-12(14)13(15)16-17(11)10-4-2/h5-8H,3-4,9-10H2,1-2H3,(H2,15,16)/b6-5-,8-7-. The van der Waals surface area contributed by atoms with Gasteiger partial charge in [-0.1, -0.05) is 38.2 Å². The number of rotatable bonds is 6. The third-order valence-electron chi connectivity index (χ3n) is 2.38. The van der Waals surface area contributed by atoms with Crippen molar-refractivity contribution in [2.24, 2.45) is 0 Å². The molecule has 0 saturated heterocycles. The van der Waals surface area contributed by atoms with Gasteiger partial charge in [-0.05, 0) is 28.8 Å². The van der Waals surface area contributed by atoms with Crippen molar-refractivity contribution in [3.05, 3.63) is 34.5 Å². The first kappa shape index (κ1) is 14.0. The molecule has 1 heterocycles. The van der Waals surface area contributed by atoms with Crippen molar-refractivity contribution in [3.8, 4) is 0 Å². The molecule has 0 aliphatic carbocycles. The van der Waals surface area contributed by atoms with E-state index >= 15 is 0 Å². The first-order valence-corrected chi connectivity index (χ1v) is 6.82. The van der Waals surface area contributed by atoms with E-state index < -0.39 is 0 Å². The van der Waals surface area contributed by atoms with Crippen LogP contribution in [0.4, 0.5) is 5.82 Å². The van der Waals surface area contributed by atoms with Crippen molar-refractivity contribution >= 4 is 21.7 Å². The maximum atomic E-state index is 5.81. The van der Waals surface area contributed by atoms with E-state index in [4.69, 9.17) is 5.73 Å². The molecule has 0 aliphatic rings. The Morgan fingerprint density at radius 2 is 2.00 bits per heavy atom. The fraction of sp³-hybridized carbons (Fsp3) is 0.462. The Hall–Kier alpha value is -1.03. The van der Waals surface area contributed by atoms with Crippen molar-refractivity contribution < 1.29 is 0 Å². The number of hydrogen-bond donors (Lipinski definition) is 1. The topological polar surface area (TPSA) is 43.8 Å². The van der Waals surface area contributed by atoms with E-state index in [-0.39, 0.29) is 0 Å². The van der Waals surface area contributed by atoms with E-state index in [1.165, 1.54) is 0 Å². The number of nitrogens with two attached hydrogens (primary N) is 1. The van der Waals surface area contributed by atoms with Gasteiger partial charge in [0.25, 0.3) is 0 Å². The molecule has 1 aromatic heterocycles. The molecule has 0 aromatic carbocycles. The van der Waals surface area contributed by atoms with Gasteiger partial charge in [-0.25, -0.2) is 0 Å². The van der Waals surface area contributed by atoms with Gasteiger partial charge < -0.3 is 5.73 Å². The van der Waals surface area contributed by atoms with Crippen molar-refractivity contribution in [1.29, 1.82) is 0 Å². The van der Waals surface area contributed by atoms with E-state index in [1.807, 2.05) is 4.68 Å². The summed E-state index contributed by atoms with van der Waals surface area (Å²) >= 11 is 3.49. The molecule has 0 saturated carbocycles. The molecule has 3 nitrogen and oxygen atoms in total. The molecule has 2 N–H and O–H groups in total. The Labute approximate surface area is 112 Å². The van der Waals surface area contributed by atoms with E-state index in [1.54, 1.807) is 0 Å². The van der Waals surface area contributed by atoms with Crippen molar-refractivity contribution in [3.63, 3.8) is 0 Å². The zero-order valence-electron chi connectivity index (χ0n) is 10.5. The first-order valence-electron chi connectivity index (χ1n) is 6.03. The van der Waals surface area contributed by atoms with E-state index in [9.17, 15) is 0 Å². The summed E-state index contributed by atoms with van der Waals surface area (Å²) in [4.78, 5) is 0. The van der Waals surface area contributed by atoms with Crippen LogP contribution in [0.5, 0.6) is 0 Å². The van der Waals surface area contributed by atoms with Crippen LogP contribution in [-0.2, 0) is 13.0 Å². The molecule has 1 aromatic rings. The minimum atomic E-state index is 0.575. The van der Waals surface area contributed by atoms with Crippen LogP contribution in [0.25, 0.3) is 0 Å². The zero-order valence-corrected chi connectivity index (χ0v) is 12.1. The maximum absolute atomic E-state index is 5.81. The van der Waals surface area contributed by atoms with Gasteiger partial charge in [0.1, 0.15) is 0 Å². The number of hydrogen-bond acceptors (Lipinski definition) is 2. The second-order valence-corrected chi connectivity index (χ2v) is 4.63. The predicted octanol–water partition coefficient (Wildman–Crippen LogP) is 3.70. The summed E-state index contributed by atoms with van der Waals surface area (Å²) in [5.41, 5.74) is 6.95. The average Bonchev–Trinajstić information content (AvgIpc) is 2.57. The number of anilines is 1. The first-order chi connectivity index (χ1) is 8.20. The van der Waals surface area contributed by atoms with E-state index in [0.717, 1.165) is 36.0 Å². The highest BCUT2D eigenvalue weighted by atomic mass is 79.9. The molecular weight excluding hydrogens is 278 g/mol. The molecule has 1 rings (SSSR count). The summed E-state index contributed by atoms with van der Waals surface area (Å²) in [7, 11) is 0. The third-order valence-corrected chi connectivity index (χ3v) is 3.25. The molecule has 0 fully saturated rings. The lowest BCUT2D eigenvalue weighted by molar-refractivity contribution is 0.582. The Bertz CT molecular complexity index is 405. The Kier molecular flexibility index (Phi) is 6.05. The van der Waals surface area contributed by atoms with Crippen molar-refractivity contribution in [2.45, 2.75) is 39.7 Å². The lowest BCUT2D eigenvalue weighted by Crippen LogP contribution is -2.04. The number of nitrogens with zero attached hydrogens (tertiary/aromatic N) is 2. The molecular formula is C13H20BrN3. The fourth-order valence-corrected chi connectivity index (χ4v) is 2.01. The van der Waals surface area contributed by atoms with Crippen LogP contribution in [0.1, 0.15) is 32.4 Å². The molecule has 17 heavy (non-hydrogen) atoms. The summed E-state index contributed by atoms with van der Waals surface area (Å²) in [6.45, 7) is 5.16. The Balaban J connectivity index is 2.74. The minimum absolute atomic E-state index is 0.575. The molecule has 0 atom stereocenters. The molecule has 0 spiro atoms. The van der Waals surface area contributed by atoms with Crippen molar-refractivity contribution in [2.75, 3.05) is 5.73 Å². The Morgan fingerprint density at radius 3 is 2.65 bits per heavy atom. The molecule has 4 heteroatoms. The second-order valence-electron chi connectivity index (χ2n) is 3.84. The quantitative estimate of drug-likeness (QED) is 0.814. The highest BCUT2D eigenvalue weighted by Gasteiger charge is 2.11. The van der Waals surface area contributed by atoms with Crippen LogP contribution in [0.2, 0.25) is 0 Å². The average molecular weight is 298 g/mol. The van der Waals surface area contributed by atoms with Gasteiger partial charge in [-0.3, -0.25) is 4.68 Å². The van der Waals surface area contributed by atoms with Crippen LogP contribution < -0.4 is 5.73 Å². The summed E-state index contributed by atoms with van der Waals surface area (Å²) < 4.78 is 2.91. The van der Waals surface area contributed by atoms with Crippen LogP contribution in [0.3, 0.4) is 0 Å². The van der Waals surface area contributed by atoms with E-state index in [0.29, 0.717) is 5.82 Å². The van der Waals surface area contributed by atoms with Crippen LogP contribution >= 0.6 is 15.9 Å². The molecule has 0 radical (unpaired) electrons. The summed E-state index contributed by atoms with van der Waals surface area (Å²) in [5.74, 6) is 0.575. The number of aryl methyl sites for hydroxylation is 1. The second kappa shape index (κ2) is 7.33. The van der Waals surface area contributed by atoms with Crippen molar-refractivity contribution in [1.82, 2.24) is 9.78 Å². The molecule has 0 unspecified atom stereocenters. The number of nitrogen functional groups attached to an aromatic ring is 1.